The maximum absolute atomic E-state index is 13.4. The van der Waals surface area contributed by atoms with E-state index in [1.807, 2.05) is 18.2 Å². The lowest BCUT2D eigenvalue weighted by atomic mass is 9.92. The molecule has 1 fully saturated rings. The Morgan fingerprint density at radius 1 is 1.30 bits per heavy atom. The van der Waals surface area contributed by atoms with Gasteiger partial charge in [0.2, 0.25) is 5.91 Å². The van der Waals surface area contributed by atoms with E-state index < -0.39 is 41.8 Å². The lowest BCUT2D eigenvalue weighted by Gasteiger charge is -2.23. The van der Waals surface area contributed by atoms with Crippen LogP contribution in [0.5, 0.6) is 5.75 Å². The molecule has 0 aliphatic carbocycles. The average Bonchev–Trinajstić information content (AvgIpc) is 2.91. The molecule has 0 saturated carbocycles. The van der Waals surface area contributed by atoms with E-state index in [4.69, 9.17) is 16.3 Å². The van der Waals surface area contributed by atoms with Crippen molar-refractivity contribution in [3.63, 3.8) is 0 Å². The fraction of sp³-hybridized carbons (Fsp3) is 0.286. The minimum atomic E-state index is -1.50. The van der Waals surface area contributed by atoms with Crippen molar-refractivity contribution in [3.05, 3.63) is 64.4 Å². The molecule has 0 aromatic heterocycles. The summed E-state index contributed by atoms with van der Waals surface area (Å²) in [6.45, 7) is 2.75. The van der Waals surface area contributed by atoms with Gasteiger partial charge in [0, 0.05) is 16.1 Å². The number of halogens is 2. The second kappa shape index (κ2) is 8.31. The Balaban J connectivity index is 1.74. The summed E-state index contributed by atoms with van der Waals surface area (Å²) in [5.41, 5.74) is -0.501. The maximum atomic E-state index is 13.4. The average molecular weight is 434 g/mol. The Labute approximate surface area is 178 Å². The molecule has 158 valence electrons. The largest absolute Gasteiger partial charge is 0.496 e. The number of benzene rings is 2. The molecule has 3 rings (SSSR count). The van der Waals surface area contributed by atoms with E-state index in [1.165, 1.54) is 20.1 Å². The number of rotatable bonds is 6. The highest BCUT2D eigenvalue weighted by molar-refractivity contribution is 6.32. The highest BCUT2D eigenvalue weighted by Gasteiger charge is 2.50. The molecule has 0 radical (unpaired) electrons. The van der Waals surface area contributed by atoms with Gasteiger partial charge < -0.3 is 15.4 Å². The molecule has 4 amide bonds. The summed E-state index contributed by atoms with van der Waals surface area (Å²) in [5.74, 6) is -1.13. The van der Waals surface area contributed by atoms with Gasteiger partial charge in [-0.1, -0.05) is 35.9 Å². The van der Waals surface area contributed by atoms with Crippen LogP contribution in [0.1, 0.15) is 31.0 Å². The van der Waals surface area contributed by atoms with Gasteiger partial charge in [0.15, 0.2) is 0 Å². The third kappa shape index (κ3) is 3.95. The molecule has 2 aromatic rings. The monoisotopic (exact) mass is 433 g/mol. The van der Waals surface area contributed by atoms with Crippen LogP contribution >= 0.6 is 11.6 Å². The number of carbonyl (C=O) groups excluding carboxylic acids is 3. The van der Waals surface area contributed by atoms with Crippen LogP contribution in [0, 0.1) is 5.82 Å². The molecule has 0 spiro atoms. The summed E-state index contributed by atoms with van der Waals surface area (Å²) in [6.07, 6.45) is 0. The van der Waals surface area contributed by atoms with Crippen LogP contribution in [0.25, 0.3) is 0 Å². The van der Waals surface area contributed by atoms with Crippen molar-refractivity contribution >= 4 is 29.4 Å². The number of nitrogens with zero attached hydrogens (tertiary/aromatic N) is 1. The fourth-order valence-corrected chi connectivity index (χ4v) is 3.81. The molecule has 1 heterocycles. The molecule has 2 N–H and O–H groups in total. The zero-order valence-electron chi connectivity index (χ0n) is 16.7. The summed E-state index contributed by atoms with van der Waals surface area (Å²) in [4.78, 5) is 38.7. The molecule has 7 nitrogen and oxygen atoms in total. The third-order valence-electron chi connectivity index (χ3n) is 5.03. The van der Waals surface area contributed by atoms with Gasteiger partial charge in [-0.2, -0.15) is 0 Å². The van der Waals surface area contributed by atoms with Crippen molar-refractivity contribution in [1.29, 1.82) is 0 Å². The lowest BCUT2D eigenvalue weighted by molar-refractivity contribution is -0.135. The van der Waals surface area contributed by atoms with Gasteiger partial charge in [0.05, 0.1) is 13.2 Å². The van der Waals surface area contributed by atoms with E-state index in [0.29, 0.717) is 5.75 Å². The summed E-state index contributed by atoms with van der Waals surface area (Å²) in [6, 6.07) is 9.61. The number of amides is 4. The van der Waals surface area contributed by atoms with Crippen LogP contribution in [-0.4, -0.2) is 36.4 Å². The summed E-state index contributed by atoms with van der Waals surface area (Å²) < 4.78 is 18.7. The quantitative estimate of drug-likeness (QED) is 0.685. The number of hydrogen-bond donors (Lipinski definition) is 2. The molecule has 0 bridgehead atoms. The highest BCUT2D eigenvalue weighted by Crippen LogP contribution is 2.34. The zero-order chi connectivity index (χ0) is 22.1. The van der Waals surface area contributed by atoms with Crippen molar-refractivity contribution in [3.8, 4) is 5.75 Å². The predicted molar refractivity (Wildman–Crippen MR) is 109 cm³/mol. The summed E-state index contributed by atoms with van der Waals surface area (Å²) in [5, 5.41) is 5.30. The molecule has 30 heavy (non-hydrogen) atoms. The Kier molecular flexibility index (Phi) is 5.98. The molecule has 2 aromatic carbocycles. The van der Waals surface area contributed by atoms with Crippen molar-refractivity contribution in [2.45, 2.75) is 25.4 Å². The highest BCUT2D eigenvalue weighted by atomic mass is 35.5. The van der Waals surface area contributed by atoms with Crippen LogP contribution < -0.4 is 15.4 Å². The number of urea groups is 1. The smallest absolute Gasteiger partial charge is 0.325 e. The Morgan fingerprint density at radius 2 is 2.00 bits per heavy atom. The lowest BCUT2D eigenvalue weighted by Crippen LogP contribution is -2.43. The van der Waals surface area contributed by atoms with E-state index in [-0.39, 0.29) is 10.6 Å². The van der Waals surface area contributed by atoms with E-state index >= 15 is 0 Å². The van der Waals surface area contributed by atoms with E-state index in [2.05, 4.69) is 10.6 Å². The van der Waals surface area contributed by atoms with Crippen molar-refractivity contribution in [2.75, 3.05) is 13.7 Å². The second-order valence-corrected chi connectivity index (χ2v) is 7.51. The molecule has 1 aliphatic rings. The fourth-order valence-electron chi connectivity index (χ4n) is 3.45. The first-order chi connectivity index (χ1) is 14.2. The Morgan fingerprint density at radius 3 is 2.67 bits per heavy atom. The normalized spacial score (nSPS) is 19.4. The van der Waals surface area contributed by atoms with Crippen LogP contribution in [0.3, 0.4) is 0 Å². The first kappa shape index (κ1) is 21.6. The zero-order valence-corrected chi connectivity index (χ0v) is 17.4. The van der Waals surface area contributed by atoms with Crippen molar-refractivity contribution in [1.82, 2.24) is 15.5 Å². The van der Waals surface area contributed by atoms with Crippen molar-refractivity contribution in [2.24, 2.45) is 0 Å². The molecular weight excluding hydrogens is 413 g/mol. The molecule has 1 saturated heterocycles. The molecule has 9 heteroatoms. The number of carbonyl (C=O) groups is 3. The van der Waals surface area contributed by atoms with Gasteiger partial charge in [0.1, 0.15) is 23.7 Å². The van der Waals surface area contributed by atoms with E-state index in [9.17, 15) is 18.8 Å². The van der Waals surface area contributed by atoms with Crippen LogP contribution in [0.2, 0.25) is 5.02 Å². The van der Waals surface area contributed by atoms with Crippen LogP contribution in [0.15, 0.2) is 42.5 Å². The second-order valence-electron chi connectivity index (χ2n) is 7.10. The van der Waals surface area contributed by atoms with Gasteiger partial charge in [-0.15, -0.1) is 0 Å². The number of hydrogen-bond acceptors (Lipinski definition) is 4. The third-order valence-corrected chi connectivity index (χ3v) is 5.34. The van der Waals surface area contributed by atoms with Gasteiger partial charge in [0.25, 0.3) is 5.91 Å². The maximum Gasteiger partial charge on any atom is 0.325 e. The molecule has 2 unspecified atom stereocenters. The number of imide groups is 1. The van der Waals surface area contributed by atoms with Crippen LogP contribution in [-0.2, 0) is 15.1 Å². The number of methoxy groups -OCH3 is 1. The van der Waals surface area contributed by atoms with Gasteiger partial charge in [-0.3, -0.25) is 14.5 Å². The van der Waals surface area contributed by atoms with Crippen LogP contribution in [0.4, 0.5) is 9.18 Å². The summed E-state index contributed by atoms with van der Waals surface area (Å²) in [7, 11) is 1.53. The van der Waals surface area contributed by atoms with E-state index in [1.54, 1.807) is 13.0 Å². The number of nitrogens with one attached hydrogen (secondary N) is 2. The standard InChI is InChI=1S/C21H21ClFN3O4/c1-12(14-6-4-5-7-17(14)30-3)24-18(27)11-26-19(28)21(2,25-20(26)29)15-9-8-13(23)10-16(15)22/h4-10,12H,11H2,1-3H3,(H,24,27)(H,25,29). The summed E-state index contributed by atoms with van der Waals surface area (Å²) >= 11 is 6.08. The first-order valence-corrected chi connectivity index (χ1v) is 9.57. The Bertz CT molecular complexity index is 1020. The SMILES string of the molecule is COc1ccccc1C(C)NC(=O)CN1C(=O)NC(C)(c2ccc(F)cc2Cl)C1=O. The molecular formula is C21H21ClFN3O4. The Hall–Kier alpha value is -3.13. The van der Waals surface area contributed by atoms with Gasteiger partial charge in [-0.25, -0.2) is 9.18 Å². The number of ether oxygens (including phenoxy) is 1. The minimum Gasteiger partial charge on any atom is -0.496 e. The number of para-hydroxylation sites is 1. The molecule has 2 atom stereocenters. The predicted octanol–water partition coefficient (Wildman–Crippen LogP) is 3.13. The van der Waals surface area contributed by atoms with Crippen molar-refractivity contribution < 1.29 is 23.5 Å². The topological polar surface area (TPSA) is 87.7 Å². The molecule has 1 aliphatic heterocycles. The first-order valence-electron chi connectivity index (χ1n) is 9.19. The van der Waals surface area contributed by atoms with Gasteiger partial charge >= 0.3 is 6.03 Å². The minimum absolute atomic E-state index is 0.00208. The van der Waals surface area contributed by atoms with Gasteiger partial charge in [-0.05, 0) is 32.0 Å². The van der Waals surface area contributed by atoms with E-state index in [0.717, 1.165) is 22.6 Å².